The van der Waals surface area contributed by atoms with Crippen LogP contribution in [0.15, 0.2) is 12.5 Å². The Morgan fingerprint density at radius 2 is 2.17 bits per heavy atom. The number of imidazole rings is 1. The zero-order valence-electron chi connectivity index (χ0n) is 12.4. The van der Waals surface area contributed by atoms with E-state index < -0.39 is 0 Å². The van der Waals surface area contributed by atoms with E-state index in [4.69, 9.17) is 4.74 Å². The van der Waals surface area contributed by atoms with Gasteiger partial charge >= 0.3 is 0 Å². The molecule has 0 amide bonds. The fraction of sp³-hybridized carbons (Fsp3) is 0.786. The van der Waals surface area contributed by atoms with Crippen LogP contribution in [0.3, 0.4) is 0 Å². The van der Waals surface area contributed by atoms with Gasteiger partial charge in [-0.2, -0.15) is 0 Å². The fourth-order valence-electron chi connectivity index (χ4n) is 1.86. The number of nitrogens with one attached hydrogen (secondary N) is 1. The molecule has 1 N–H and O–H groups in total. The first-order chi connectivity index (χ1) is 8.44. The van der Waals surface area contributed by atoms with Crippen LogP contribution in [0.5, 0.6) is 0 Å². The van der Waals surface area contributed by atoms with Gasteiger partial charge in [-0.05, 0) is 11.8 Å². The molecule has 0 aromatic carbocycles. The SMILES string of the molecule is COCCC(C)(C)Cn1cncc1CNC(C)C. The number of nitrogens with zero attached hydrogens (tertiary/aromatic N) is 2. The van der Waals surface area contributed by atoms with E-state index in [2.05, 4.69) is 42.6 Å². The zero-order chi connectivity index (χ0) is 13.6. The van der Waals surface area contributed by atoms with E-state index >= 15 is 0 Å². The zero-order valence-corrected chi connectivity index (χ0v) is 12.4. The maximum Gasteiger partial charge on any atom is 0.0948 e. The molecule has 1 aromatic heterocycles. The number of methoxy groups -OCH3 is 1. The second kappa shape index (κ2) is 6.90. The molecule has 4 nitrogen and oxygen atoms in total. The molecule has 0 aliphatic heterocycles. The van der Waals surface area contributed by atoms with Gasteiger partial charge in [-0.15, -0.1) is 0 Å². The van der Waals surface area contributed by atoms with E-state index in [0.29, 0.717) is 6.04 Å². The molecule has 0 aliphatic carbocycles. The van der Waals surface area contributed by atoms with Crippen molar-refractivity contribution in [3.05, 3.63) is 18.2 Å². The van der Waals surface area contributed by atoms with Gasteiger partial charge in [0.1, 0.15) is 0 Å². The minimum absolute atomic E-state index is 0.225. The molecule has 1 rings (SSSR count). The predicted octanol–water partition coefficient (Wildman–Crippen LogP) is 2.44. The third-order valence-electron chi connectivity index (χ3n) is 3.07. The van der Waals surface area contributed by atoms with Gasteiger partial charge in [0.05, 0.1) is 12.0 Å². The Balaban J connectivity index is 2.58. The maximum atomic E-state index is 5.17. The summed E-state index contributed by atoms with van der Waals surface area (Å²) in [6.45, 7) is 11.5. The first-order valence-corrected chi connectivity index (χ1v) is 6.66. The second-order valence-corrected chi connectivity index (χ2v) is 5.96. The van der Waals surface area contributed by atoms with Gasteiger partial charge < -0.3 is 14.6 Å². The molecule has 1 aromatic rings. The van der Waals surface area contributed by atoms with Crippen molar-refractivity contribution < 1.29 is 4.74 Å². The van der Waals surface area contributed by atoms with Crippen LogP contribution in [0, 0.1) is 5.41 Å². The molecule has 0 radical (unpaired) electrons. The molecule has 0 atom stereocenters. The normalized spacial score (nSPS) is 12.3. The van der Waals surface area contributed by atoms with Crippen LogP contribution in [0.1, 0.15) is 39.8 Å². The Hall–Kier alpha value is -0.870. The summed E-state index contributed by atoms with van der Waals surface area (Å²) in [4.78, 5) is 4.26. The first kappa shape index (κ1) is 15.2. The van der Waals surface area contributed by atoms with Gasteiger partial charge in [0.15, 0.2) is 0 Å². The highest BCUT2D eigenvalue weighted by Crippen LogP contribution is 2.23. The average Bonchev–Trinajstić information content (AvgIpc) is 2.70. The molecule has 0 fully saturated rings. The number of rotatable bonds is 8. The third kappa shape index (κ3) is 5.19. The highest BCUT2D eigenvalue weighted by Gasteiger charge is 2.19. The standard InChI is InChI=1S/C14H27N3O/c1-12(2)16-9-13-8-15-11-17(13)10-14(3,4)6-7-18-5/h8,11-12,16H,6-7,9-10H2,1-5H3. The van der Waals surface area contributed by atoms with E-state index in [1.807, 2.05) is 12.5 Å². The van der Waals surface area contributed by atoms with Gasteiger partial charge in [0.25, 0.3) is 0 Å². The van der Waals surface area contributed by atoms with Gasteiger partial charge in [0, 0.05) is 39.0 Å². The van der Waals surface area contributed by atoms with Gasteiger partial charge in [0.2, 0.25) is 0 Å². The van der Waals surface area contributed by atoms with Gasteiger partial charge in [-0.3, -0.25) is 0 Å². The molecule has 0 spiro atoms. The molecule has 0 bridgehead atoms. The van der Waals surface area contributed by atoms with E-state index in [9.17, 15) is 0 Å². The summed E-state index contributed by atoms with van der Waals surface area (Å²) in [5, 5.41) is 3.43. The monoisotopic (exact) mass is 253 g/mol. The Morgan fingerprint density at radius 3 is 2.78 bits per heavy atom. The Kier molecular flexibility index (Phi) is 5.82. The van der Waals surface area contributed by atoms with Crippen molar-refractivity contribution in [3.8, 4) is 0 Å². The summed E-state index contributed by atoms with van der Waals surface area (Å²) in [6.07, 6.45) is 4.92. The molecule has 0 aliphatic rings. The first-order valence-electron chi connectivity index (χ1n) is 6.66. The highest BCUT2D eigenvalue weighted by molar-refractivity contribution is 4.99. The van der Waals surface area contributed by atoms with E-state index in [0.717, 1.165) is 26.1 Å². The van der Waals surface area contributed by atoms with Crippen LogP contribution in [0.4, 0.5) is 0 Å². The summed E-state index contributed by atoms with van der Waals surface area (Å²) < 4.78 is 7.41. The molecule has 0 saturated heterocycles. The van der Waals surface area contributed by atoms with Crippen LogP contribution in [0.25, 0.3) is 0 Å². The lowest BCUT2D eigenvalue weighted by Gasteiger charge is -2.26. The molecule has 1 heterocycles. The minimum atomic E-state index is 0.225. The Bertz CT molecular complexity index is 345. The lowest BCUT2D eigenvalue weighted by atomic mass is 9.89. The molecule has 104 valence electrons. The van der Waals surface area contributed by atoms with E-state index in [1.165, 1.54) is 5.69 Å². The molecule has 0 saturated carbocycles. The summed E-state index contributed by atoms with van der Waals surface area (Å²) in [5.74, 6) is 0. The van der Waals surface area contributed by atoms with E-state index in [-0.39, 0.29) is 5.41 Å². The summed E-state index contributed by atoms with van der Waals surface area (Å²) >= 11 is 0. The van der Waals surface area contributed by atoms with Gasteiger partial charge in [-0.1, -0.05) is 27.7 Å². The van der Waals surface area contributed by atoms with Crippen molar-refractivity contribution in [3.63, 3.8) is 0 Å². The van der Waals surface area contributed by atoms with Crippen LogP contribution >= 0.6 is 0 Å². The molecule has 18 heavy (non-hydrogen) atoms. The topological polar surface area (TPSA) is 39.1 Å². The number of hydrogen-bond acceptors (Lipinski definition) is 3. The van der Waals surface area contributed by atoms with Crippen molar-refractivity contribution >= 4 is 0 Å². The fourth-order valence-corrected chi connectivity index (χ4v) is 1.86. The number of ether oxygens (including phenoxy) is 1. The molecule has 0 unspecified atom stereocenters. The highest BCUT2D eigenvalue weighted by atomic mass is 16.5. The van der Waals surface area contributed by atoms with Crippen LogP contribution in [-0.2, 0) is 17.8 Å². The van der Waals surface area contributed by atoms with Crippen molar-refractivity contribution in [2.45, 2.75) is 53.2 Å². The lowest BCUT2D eigenvalue weighted by molar-refractivity contribution is 0.142. The van der Waals surface area contributed by atoms with Crippen molar-refractivity contribution in [2.75, 3.05) is 13.7 Å². The Morgan fingerprint density at radius 1 is 1.44 bits per heavy atom. The number of aromatic nitrogens is 2. The average molecular weight is 253 g/mol. The van der Waals surface area contributed by atoms with Crippen LogP contribution in [-0.4, -0.2) is 29.3 Å². The van der Waals surface area contributed by atoms with E-state index in [1.54, 1.807) is 7.11 Å². The summed E-state index contributed by atoms with van der Waals surface area (Å²) in [7, 11) is 1.76. The van der Waals surface area contributed by atoms with Gasteiger partial charge in [-0.25, -0.2) is 4.98 Å². The lowest BCUT2D eigenvalue weighted by Crippen LogP contribution is -2.26. The van der Waals surface area contributed by atoms with Crippen molar-refractivity contribution in [2.24, 2.45) is 5.41 Å². The minimum Gasteiger partial charge on any atom is -0.385 e. The largest absolute Gasteiger partial charge is 0.385 e. The maximum absolute atomic E-state index is 5.17. The Labute approximate surface area is 111 Å². The van der Waals surface area contributed by atoms with Crippen LogP contribution in [0.2, 0.25) is 0 Å². The summed E-state index contributed by atoms with van der Waals surface area (Å²) in [6, 6.07) is 0.495. The second-order valence-electron chi connectivity index (χ2n) is 5.96. The molecular formula is C14H27N3O. The summed E-state index contributed by atoms with van der Waals surface area (Å²) in [5.41, 5.74) is 1.47. The predicted molar refractivity (Wildman–Crippen MR) is 74.5 cm³/mol. The van der Waals surface area contributed by atoms with Crippen molar-refractivity contribution in [1.29, 1.82) is 0 Å². The smallest absolute Gasteiger partial charge is 0.0948 e. The molecular weight excluding hydrogens is 226 g/mol. The van der Waals surface area contributed by atoms with Crippen LogP contribution < -0.4 is 5.32 Å². The van der Waals surface area contributed by atoms with Crippen molar-refractivity contribution in [1.82, 2.24) is 14.9 Å². The molecule has 4 heteroatoms. The quantitative estimate of drug-likeness (QED) is 0.773. The number of hydrogen-bond donors (Lipinski definition) is 1. The third-order valence-corrected chi connectivity index (χ3v) is 3.07.